The molecule has 1 aromatic carbocycles. The van der Waals surface area contributed by atoms with E-state index in [0.717, 1.165) is 12.8 Å². The number of carbonyl (C=O) groups excluding carboxylic acids is 2. The minimum absolute atomic E-state index is 0.0212. The number of nitrogens with zero attached hydrogens (tertiary/aromatic N) is 5. The Morgan fingerprint density at radius 1 is 1.20 bits per heavy atom. The third-order valence-electron chi connectivity index (χ3n) is 5.33. The van der Waals surface area contributed by atoms with Crippen molar-refractivity contribution in [2.75, 3.05) is 13.2 Å². The molecule has 0 spiro atoms. The Balaban J connectivity index is 1.56. The number of likely N-dealkylation sites (tertiary alicyclic amines) is 1. The molecule has 0 unspecified atom stereocenters. The molecule has 0 N–H and O–H groups in total. The second-order valence-electron chi connectivity index (χ2n) is 7.25. The summed E-state index contributed by atoms with van der Waals surface area (Å²) in [6.07, 6.45) is 4.82. The number of aromatic nitrogens is 4. The van der Waals surface area contributed by atoms with Crippen molar-refractivity contribution in [2.45, 2.75) is 38.6 Å². The fourth-order valence-corrected chi connectivity index (χ4v) is 3.73. The molecule has 1 aliphatic heterocycles. The van der Waals surface area contributed by atoms with Crippen LogP contribution in [0.25, 0.3) is 5.69 Å². The molecule has 4 rings (SSSR count). The molecule has 0 saturated carbocycles. The number of esters is 1. The van der Waals surface area contributed by atoms with E-state index < -0.39 is 5.97 Å². The minimum atomic E-state index is -0.533. The van der Waals surface area contributed by atoms with Crippen LogP contribution in [0.3, 0.4) is 0 Å². The molecule has 2 aromatic heterocycles. The van der Waals surface area contributed by atoms with Crippen LogP contribution in [0, 0.1) is 0 Å². The van der Waals surface area contributed by atoms with Crippen LogP contribution in [0.1, 0.15) is 59.2 Å². The van der Waals surface area contributed by atoms with Gasteiger partial charge in [-0.05, 0) is 38.8 Å². The van der Waals surface area contributed by atoms with Gasteiger partial charge >= 0.3 is 5.97 Å². The van der Waals surface area contributed by atoms with Gasteiger partial charge in [-0.1, -0.05) is 17.3 Å². The first-order valence-electron chi connectivity index (χ1n) is 9.99. The predicted octanol–water partition coefficient (Wildman–Crippen LogP) is 2.84. The maximum absolute atomic E-state index is 13.4. The summed E-state index contributed by atoms with van der Waals surface area (Å²) >= 11 is 0. The van der Waals surface area contributed by atoms with E-state index in [0.29, 0.717) is 23.5 Å². The number of hydrogen-bond acceptors (Lipinski definition) is 7. The molecule has 1 saturated heterocycles. The minimum Gasteiger partial charge on any atom is -0.460 e. The van der Waals surface area contributed by atoms with Crippen molar-refractivity contribution in [3.05, 3.63) is 59.7 Å². The van der Waals surface area contributed by atoms with Gasteiger partial charge in [0.25, 0.3) is 5.91 Å². The number of benzene rings is 1. The maximum atomic E-state index is 13.4. The molecule has 2 atom stereocenters. The maximum Gasteiger partial charge on any atom is 0.377 e. The standard InChI is InChI=1S/C21H23N5O4/c1-3-29-21(28)19-12-17(24-30-19)15-9-8-14(2)25(13-15)20(27)16-6-4-5-7-18(16)26-22-10-11-23-26/h4-7,10-12,14-15H,3,8-9,13H2,1-2H3/t14-,15-/m1/s1. The normalized spacial score (nSPS) is 18.9. The van der Waals surface area contributed by atoms with E-state index in [1.807, 2.05) is 30.0 Å². The number of carbonyl (C=O) groups is 2. The SMILES string of the molecule is CCOC(=O)c1cc([C@@H]2CC[C@@H](C)N(C(=O)c3ccccc3-n3nccn3)C2)no1. The Kier molecular flexibility index (Phi) is 5.60. The van der Waals surface area contributed by atoms with Crippen LogP contribution >= 0.6 is 0 Å². The lowest BCUT2D eigenvalue weighted by Crippen LogP contribution is -2.45. The van der Waals surface area contributed by atoms with Crippen molar-refractivity contribution in [1.82, 2.24) is 25.1 Å². The van der Waals surface area contributed by atoms with Gasteiger partial charge in [-0.25, -0.2) is 4.79 Å². The quantitative estimate of drug-likeness (QED) is 0.597. The lowest BCUT2D eigenvalue weighted by Gasteiger charge is -2.37. The first-order chi connectivity index (χ1) is 14.6. The highest BCUT2D eigenvalue weighted by Gasteiger charge is 2.33. The van der Waals surface area contributed by atoms with Crippen molar-refractivity contribution < 1.29 is 18.8 Å². The molecule has 3 heterocycles. The average molecular weight is 409 g/mol. The highest BCUT2D eigenvalue weighted by molar-refractivity contribution is 5.98. The van der Waals surface area contributed by atoms with E-state index in [1.165, 1.54) is 4.80 Å². The topological polar surface area (TPSA) is 103 Å². The summed E-state index contributed by atoms with van der Waals surface area (Å²) in [5.74, 6) is -0.561. The summed E-state index contributed by atoms with van der Waals surface area (Å²) in [6.45, 7) is 4.52. The van der Waals surface area contributed by atoms with Gasteiger partial charge in [-0.2, -0.15) is 15.0 Å². The number of hydrogen-bond donors (Lipinski definition) is 0. The van der Waals surface area contributed by atoms with Crippen molar-refractivity contribution >= 4 is 11.9 Å². The molecular weight excluding hydrogens is 386 g/mol. The summed E-state index contributed by atoms with van der Waals surface area (Å²) in [6, 6.07) is 8.97. The van der Waals surface area contributed by atoms with Gasteiger partial charge in [-0.15, -0.1) is 0 Å². The Morgan fingerprint density at radius 3 is 2.73 bits per heavy atom. The number of para-hydroxylation sites is 1. The fraction of sp³-hybridized carbons (Fsp3) is 0.381. The molecular formula is C21H23N5O4. The molecule has 0 aliphatic carbocycles. The predicted molar refractivity (Wildman–Crippen MR) is 106 cm³/mol. The lowest BCUT2D eigenvalue weighted by atomic mass is 9.90. The largest absolute Gasteiger partial charge is 0.460 e. The number of ether oxygens (including phenoxy) is 1. The van der Waals surface area contributed by atoms with E-state index in [2.05, 4.69) is 15.4 Å². The molecule has 0 radical (unpaired) electrons. The first kappa shape index (κ1) is 19.8. The fourth-order valence-electron chi connectivity index (χ4n) is 3.73. The molecule has 30 heavy (non-hydrogen) atoms. The zero-order valence-electron chi connectivity index (χ0n) is 16.9. The van der Waals surface area contributed by atoms with E-state index >= 15 is 0 Å². The zero-order chi connectivity index (χ0) is 21.1. The van der Waals surface area contributed by atoms with Crippen LogP contribution in [0.15, 0.2) is 47.2 Å². The summed E-state index contributed by atoms with van der Waals surface area (Å²) < 4.78 is 10.1. The summed E-state index contributed by atoms with van der Waals surface area (Å²) in [5.41, 5.74) is 1.83. The van der Waals surface area contributed by atoms with Gasteiger partial charge in [0.2, 0.25) is 5.76 Å². The summed E-state index contributed by atoms with van der Waals surface area (Å²) in [7, 11) is 0. The van der Waals surface area contributed by atoms with Crippen LogP contribution in [0.5, 0.6) is 0 Å². The lowest BCUT2D eigenvalue weighted by molar-refractivity contribution is 0.0479. The van der Waals surface area contributed by atoms with Crippen LogP contribution in [-0.4, -0.2) is 56.1 Å². The second kappa shape index (κ2) is 8.48. The van der Waals surface area contributed by atoms with Crippen LogP contribution in [0.4, 0.5) is 0 Å². The van der Waals surface area contributed by atoms with Crippen molar-refractivity contribution in [3.63, 3.8) is 0 Å². The van der Waals surface area contributed by atoms with Crippen LogP contribution < -0.4 is 0 Å². The monoisotopic (exact) mass is 409 g/mol. The molecule has 1 fully saturated rings. The molecule has 0 bridgehead atoms. The van der Waals surface area contributed by atoms with Gasteiger partial charge in [0.05, 0.1) is 35.9 Å². The molecule has 9 nitrogen and oxygen atoms in total. The average Bonchev–Trinajstić information content (AvgIpc) is 3.46. The van der Waals surface area contributed by atoms with Crippen molar-refractivity contribution in [2.24, 2.45) is 0 Å². The number of amides is 1. The number of piperidine rings is 1. The van der Waals surface area contributed by atoms with Gasteiger partial charge in [0.15, 0.2) is 0 Å². The highest BCUT2D eigenvalue weighted by atomic mass is 16.6. The Morgan fingerprint density at radius 2 is 1.97 bits per heavy atom. The van der Waals surface area contributed by atoms with E-state index in [9.17, 15) is 9.59 Å². The molecule has 9 heteroatoms. The Labute approximate surface area is 173 Å². The molecule has 156 valence electrons. The van der Waals surface area contributed by atoms with Crippen LogP contribution in [-0.2, 0) is 4.74 Å². The second-order valence-corrected chi connectivity index (χ2v) is 7.25. The molecule has 1 amide bonds. The van der Waals surface area contributed by atoms with Crippen molar-refractivity contribution in [3.8, 4) is 5.69 Å². The first-order valence-corrected chi connectivity index (χ1v) is 9.99. The van der Waals surface area contributed by atoms with Gasteiger partial charge in [0, 0.05) is 24.6 Å². The Bertz CT molecular complexity index is 1030. The molecule has 3 aromatic rings. The summed E-state index contributed by atoms with van der Waals surface area (Å²) in [5, 5.41) is 12.4. The van der Waals surface area contributed by atoms with E-state index in [4.69, 9.17) is 9.26 Å². The van der Waals surface area contributed by atoms with Gasteiger partial charge in [-0.3, -0.25) is 4.79 Å². The van der Waals surface area contributed by atoms with E-state index in [1.54, 1.807) is 31.5 Å². The van der Waals surface area contributed by atoms with Gasteiger partial charge < -0.3 is 14.2 Å². The van der Waals surface area contributed by atoms with Crippen molar-refractivity contribution in [1.29, 1.82) is 0 Å². The zero-order valence-corrected chi connectivity index (χ0v) is 16.9. The Hall–Kier alpha value is -3.49. The van der Waals surface area contributed by atoms with E-state index in [-0.39, 0.29) is 30.2 Å². The smallest absolute Gasteiger partial charge is 0.377 e. The number of rotatable bonds is 5. The van der Waals surface area contributed by atoms with Crippen LogP contribution in [0.2, 0.25) is 0 Å². The highest BCUT2D eigenvalue weighted by Crippen LogP contribution is 2.31. The third-order valence-corrected chi connectivity index (χ3v) is 5.33. The third kappa shape index (κ3) is 3.83. The summed E-state index contributed by atoms with van der Waals surface area (Å²) in [4.78, 5) is 28.6. The molecule has 1 aliphatic rings. The van der Waals surface area contributed by atoms with Gasteiger partial charge in [0.1, 0.15) is 0 Å².